The number of likely N-dealkylation sites (tertiary alicyclic amines) is 1. The van der Waals surface area contributed by atoms with E-state index in [1.807, 2.05) is 0 Å². The first kappa shape index (κ1) is 13.8. The molecule has 1 rings (SSSR count). The lowest BCUT2D eigenvalue weighted by Gasteiger charge is -2.24. The lowest BCUT2D eigenvalue weighted by atomic mass is 10.1. The number of ether oxygens (including phenoxy) is 2. The summed E-state index contributed by atoms with van der Waals surface area (Å²) in [6, 6.07) is -0.394. The summed E-state index contributed by atoms with van der Waals surface area (Å²) >= 11 is 0. The minimum absolute atomic E-state index is 0.253. The fourth-order valence-electron chi connectivity index (χ4n) is 1.71. The Hall–Kier alpha value is -1.30. The molecule has 2 N–H and O–H groups in total. The van der Waals surface area contributed by atoms with Gasteiger partial charge in [0.25, 0.3) is 0 Å². The summed E-state index contributed by atoms with van der Waals surface area (Å²) in [6.45, 7) is 5.94. The van der Waals surface area contributed by atoms with Crippen molar-refractivity contribution in [3.8, 4) is 0 Å². The molecule has 0 saturated carbocycles. The maximum Gasteiger partial charge on any atom is 0.410 e. The summed E-state index contributed by atoms with van der Waals surface area (Å²) < 4.78 is 9.85. The van der Waals surface area contributed by atoms with Gasteiger partial charge >= 0.3 is 12.1 Å². The third kappa shape index (κ3) is 3.59. The largest absolute Gasteiger partial charge is 0.469 e. The second-order valence-corrected chi connectivity index (χ2v) is 5.18. The molecular weight excluding hydrogens is 224 g/mol. The maximum atomic E-state index is 11.8. The van der Waals surface area contributed by atoms with E-state index in [0.29, 0.717) is 6.54 Å². The van der Waals surface area contributed by atoms with E-state index < -0.39 is 23.7 Å². The van der Waals surface area contributed by atoms with Crippen LogP contribution >= 0.6 is 0 Å². The second-order valence-electron chi connectivity index (χ2n) is 5.18. The number of methoxy groups -OCH3 is 1. The van der Waals surface area contributed by atoms with Crippen molar-refractivity contribution in [3.05, 3.63) is 0 Å². The highest BCUT2D eigenvalue weighted by atomic mass is 16.6. The van der Waals surface area contributed by atoms with Gasteiger partial charge in [0.2, 0.25) is 0 Å². The third-order valence-electron chi connectivity index (χ3n) is 2.52. The van der Waals surface area contributed by atoms with Crippen molar-refractivity contribution in [2.24, 2.45) is 11.7 Å². The first-order valence-electron chi connectivity index (χ1n) is 5.56. The predicted octanol–water partition coefficient (Wildman–Crippen LogP) is 0.354. The lowest BCUT2D eigenvalue weighted by molar-refractivity contribution is -0.145. The van der Waals surface area contributed by atoms with Gasteiger partial charge in [-0.1, -0.05) is 0 Å². The lowest BCUT2D eigenvalue weighted by Crippen LogP contribution is -2.36. The number of esters is 1. The van der Waals surface area contributed by atoms with Gasteiger partial charge in [-0.2, -0.15) is 0 Å². The topological polar surface area (TPSA) is 81.9 Å². The highest BCUT2D eigenvalue weighted by molar-refractivity contribution is 5.76. The van der Waals surface area contributed by atoms with Crippen molar-refractivity contribution in [2.45, 2.75) is 32.4 Å². The van der Waals surface area contributed by atoms with Crippen LogP contribution in [0, 0.1) is 5.92 Å². The molecule has 6 nitrogen and oxygen atoms in total. The van der Waals surface area contributed by atoms with Crippen molar-refractivity contribution in [1.29, 1.82) is 0 Å². The molecule has 1 saturated heterocycles. The quantitative estimate of drug-likeness (QED) is 0.673. The number of nitrogens with two attached hydrogens (primary N) is 1. The zero-order valence-electron chi connectivity index (χ0n) is 10.7. The average Bonchev–Trinajstić information content (AvgIpc) is 2.57. The van der Waals surface area contributed by atoms with Crippen LogP contribution in [0.15, 0.2) is 0 Å². The molecule has 1 aliphatic rings. The summed E-state index contributed by atoms with van der Waals surface area (Å²) in [5.41, 5.74) is 5.25. The first-order chi connectivity index (χ1) is 7.74. The number of hydrogen-bond donors (Lipinski definition) is 1. The molecule has 2 atom stereocenters. The van der Waals surface area contributed by atoms with Gasteiger partial charge in [-0.25, -0.2) is 4.79 Å². The van der Waals surface area contributed by atoms with Gasteiger partial charge in [0.05, 0.1) is 13.0 Å². The SMILES string of the molecule is COC(=O)C1CN(C(=O)OC(C)(C)C)CC1N. The molecule has 98 valence electrons. The van der Waals surface area contributed by atoms with Crippen molar-refractivity contribution in [1.82, 2.24) is 4.90 Å². The molecule has 0 radical (unpaired) electrons. The minimum Gasteiger partial charge on any atom is -0.469 e. The normalized spacial score (nSPS) is 24.6. The molecule has 0 spiro atoms. The molecule has 17 heavy (non-hydrogen) atoms. The maximum absolute atomic E-state index is 11.8. The summed E-state index contributed by atoms with van der Waals surface area (Å²) in [4.78, 5) is 24.6. The fourth-order valence-corrected chi connectivity index (χ4v) is 1.71. The smallest absolute Gasteiger partial charge is 0.410 e. The van der Waals surface area contributed by atoms with Crippen molar-refractivity contribution >= 4 is 12.1 Å². The number of amides is 1. The molecule has 1 amide bonds. The van der Waals surface area contributed by atoms with E-state index in [2.05, 4.69) is 4.74 Å². The van der Waals surface area contributed by atoms with E-state index >= 15 is 0 Å². The van der Waals surface area contributed by atoms with E-state index in [0.717, 1.165) is 0 Å². The molecule has 1 fully saturated rings. The molecule has 0 aromatic carbocycles. The van der Waals surface area contributed by atoms with Crippen LogP contribution in [0.4, 0.5) is 4.79 Å². The van der Waals surface area contributed by atoms with Crippen LogP contribution < -0.4 is 5.73 Å². The van der Waals surface area contributed by atoms with Crippen LogP contribution in [-0.2, 0) is 14.3 Å². The molecule has 6 heteroatoms. The Morgan fingerprint density at radius 3 is 2.35 bits per heavy atom. The Kier molecular flexibility index (Phi) is 3.98. The van der Waals surface area contributed by atoms with Crippen molar-refractivity contribution in [3.63, 3.8) is 0 Å². The molecular formula is C11H20N2O4. The Balaban J connectivity index is 2.60. The van der Waals surface area contributed by atoms with Crippen LogP contribution in [0.5, 0.6) is 0 Å². The molecule has 0 bridgehead atoms. The van der Waals surface area contributed by atoms with Crippen LogP contribution in [0.25, 0.3) is 0 Å². The van der Waals surface area contributed by atoms with Crippen molar-refractivity contribution in [2.75, 3.05) is 20.2 Å². The Bertz CT molecular complexity index is 311. The van der Waals surface area contributed by atoms with Crippen LogP contribution in [0.2, 0.25) is 0 Å². The monoisotopic (exact) mass is 244 g/mol. The van der Waals surface area contributed by atoms with Gasteiger partial charge in [0.15, 0.2) is 0 Å². The molecule has 0 aromatic heterocycles. The van der Waals surface area contributed by atoms with Crippen LogP contribution in [0.1, 0.15) is 20.8 Å². The van der Waals surface area contributed by atoms with E-state index in [1.54, 1.807) is 20.8 Å². The van der Waals surface area contributed by atoms with Gasteiger partial charge in [-0.15, -0.1) is 0 Å². The predicted molar refractivity (Wildman–Crippen MR) is 61.3 cm³/mol. The zero-order chi connectivity index (χ0) is 13.2. The first-order valence-corrected chi connectivity index (χ1v) is 5.56. The van der Waals surface area contributed by atoms with Gasteiger partial charge in [-0.05, 0) is 20.8 Å². The van der Waals surface area contributed by atoms with Gasteiger partial charge in [-0.3, -0.25) is 4.79 Å². The molecule has 0 aliphatic carbocycles. The van der Waals surface area contributed by atoms with Crippen LogP contribution in [-0.4, -0.2) is 48.8 Å². The highest BCUT2D eigenvalue weighted by Crippen LogP contribution is 2.19. The summed E-state index contributed by atoms with van der Waals surface area (Å²) in [5.74, 6) is -0.851. The summed E-state index contributed by atoms with van der Waals surface area (Å²) in [7, 11) is 1.31. The molecule has 1 heterocycles. The Morgan fingerprint density at radius 1 is 1.29 bits per heavy atom. The number of rotatable bonds is 1. The Morgan fingerprint density at radius 2 is 1.88 bits per heavy atom. The fraction of sp³-hybridized carbons (Fsp3) is 0.818. The molecule has 2 unspecified atom stereocenters. The summed E-state index contributed by atoms with van der Waals surface area (Å²) in [5, 5.41) is 0. The van der Waals surface area contributed by atoms with Crippen LogP contribution in [0.3, 0.4) is 0 Å². The van der Waals surface area contributed by atoms with E-state index in [1.165, 1.54) is 12.0 Å². The Labute approximate surface area is 101 Å². The van der Waals surface area contributed by atoms with E-state index in [-0.39, 0.29) is 12.5 Å². The van der Waals surface area contributed by atoms with Crippen molar-refractivity contribution < 1.29 is 19.1 Å². The zero-order valence-corrected chi connectivity index (χ0v) is 10.7. The van der Waals surface area contributed by atoms with Gasteiger partial charge in [0, 0.05) is 19.1 Å². The highest BCUT2D eigenvalue weighted by Gasteiger charge is 2.39. The van der Waals surface area contributed by atoms with E-state index in [4.69, 9.17) is 10.5 Å². The summed E-state index contributed by atoms with van der Waals surface area (Å²) in [6.07, 6.45) is -0.445. The number of hydrogen-bond acceptors (Lipinski definition) is 5. The van der Waals surface area contributed by atoms with Gasteiger partial charge < -0.3 is 20.1 Å². The number of carbonyl (C=O) groups is 2. The standard InChI is InChI=1S/C11H20N2O4/c1-11(2,3)17-10(15)13-5-7(8(12)6-13)9(14)16-4/h7-8H,5-6,12H2,1-4H3. The number of carbonyl (C=O) groups excluding carboxylic acids is 2. The second kappa shape index (κ2) is 4.91. The number of nitrogens with zero attached hydrogens (tertiary/aromatic N) is 1. The average molecular weight is 244 g/mol. The van der Waals surface area contributed by atoms with Gasteiger partial charge in [0.1, 0.15) is 5.60 Å². The molecule has 1 aliphatic heterocycles. The van der Waals surface area contributed by atoms with E-state index in [9.17, 15) is 9.59 Å². The minimum atomic E-state index is -0.551. The molecule has 0 aromatic rings. The third-order valence-corrected chi connectivity index (χ3v) is 2.52.